The standard InChI is InChI=1S/C19H15F5N4O/c1-11-7-8-14(18(2,20)21)25-16(11)28-10-9-15(27-28)26-17(29)12-5-3-4-6-13(12)19(22,23)24/h3-10H,1-2H3,(H,26,27,29). The number of pyridine rings is 1. The lowest BCUT2D eigenvalue weighted by molar-refractivity contribution is -0.137. The Balaban J connectivity index is 1.88. The molecule has 0 aliphatic rings. The summed E-state index contributed by atoms with van der Waals surface area (Å²) < 4.78 is 67.5. The molecule has 29 heavy (non-hydrogen) atoms. The zero-order chi connectivity index (χ0) is 21.4. The topological polar surface area (TPSA) is 59.8 Å². The minimum absolute atomic E-state index is 0.0539. The third kappa shape index (κ3) is 4.41. The van der Waals surface area contributed by atoms with Gasteiger partial charge in [0.05, 0.1) is 11.1 Å². The van der Waals surface area contributed by atoms with Crippen molar-refractivity contribution in [1.82, 2.24) is 14.8 Å². The van der Waals surface area contributed by atoms with Crippen molar-refractivity contribution >= 4 is 11.7 Å². The maximum atomic E-state index is 13.5. The Morgan fingerprint density at radius 3 is 2.38 bits per heavy atom. The molecule has 0 fully saturated rings. The monoisotopic (exact) mass is 410 g/mol. The van der Waals surface area contributed by atoms with Gasteiger partial charge < -0.3 is 5.32 Å². The van der Waals surface area contributed by atoms with E-state index in [-0.39, 0.29) is 11.6 Å². The number of aryl methyl sites for hydroxylation is 1. The molecule has 1 amide bonds. The zero-order valence-corrected chi connectivity index (χ0v) is 15.3. The first kappa shape index (κ1) is 20.4. The van der Waals surface area contributed by atoms with E-state index in [9.17, 15) is 26.7 Å². The number of amides is 1. The van der Waals surface area contributed by atoms with Gasteiger partial charge in [0.15, 0.2) is 11.6 Å². The summed E-state index contributed by atoms with van der Waals surface area (Å²) in [7, 11) is 0. The van der Waals surface area contributed by atoms with Gasteiger partial charge in [0.1, 0.15) is 5.69 Å². The van der Waals surface area contributed by atoms with Crippen LogP contribution in [-0.2, 0) is 12.1 Å². The minimum atomic E-state index is -4.69. The van der Waals surface area contributed by atoms with Gasteiger partial charge in [-0.15, -0.1) is 5.10 Å². The molecule has 2 heterocycles. The molecule has 0 atom stereocenters. The second-order valence-corrected chi connectivity index (χ2v) is 6.37. The Kier molecular flexibility index (Phi) is 5.12. The molecule has 1 aromatic carbocycles. The van der Waals surface area contributed by atoms with Gasteiger partial charge in [0, 0.05) is 19.2 Å². The van der Waals surface area contributed by atoms with Crippen LogP contribution in [0.15, 0.2) is 48.7 Å². The first-order valence-corrected chi connectivity index (χ1v) is 8.36. The van der Waals surface area contributed by atoms with Gasteiger partial charge in [-0.1, -0.05) is 18.2 Å². The molecule has 0 radical (unpaired) electrons. The first-order valence-electron chi connectivity index (χ1n) is 8.36. The van der Waals surface area contributed by atoms with E-state index in [1.807, 2.05) is 0 Å². The fraction of sp³-hybridized carbons (Fsp3) is 0.211. The van der Waals surface area contributed by atoms with Crippen LogP contribution in [0, 0.1) is 6.92 Å². The van der Waals surface area contributed by atoms with Crippen molar-refractivity contribution in [2.75, 3.05) is 5.32 Å². The molecule has 152 valence electrons. The predicted octanol–water partition coefficient (Wildman–Crippen LogP) is 4.96. The summed E-state index contributed by atoms with van der Waals surface area (Å²) in [5, 5.41) is 6.30. The fourth-order valence-electron chi connectivity index (χ4n) is 2.61. The number of aromatic nitrogens is 3. The maximum absolute atomic E-state index is 13.5. The number of hydrogen-bond donors (Lipinski definition) is 1. The van der Waals surface area contributed by atoms with Crippen LogP contribution in [0.5, 0.6) is 0 Å². The molecule has 10 heteroatoms. The SMILES string of the molecule is Cc1ccc(C(C)(F)F)nc1-n1ccc(NC(=O)c2ccccc2C(F)(F)F)n1. The largest absolute Gasteiger partial charge is 0.417 e. The van der Waals surface area contributed by atoms with E-state index in [1.54, 1.807) is 6.92 Å². The Morgan fingerprint density at radius 1 is 1.03 bits per heavy atom. The zero-order valence-electron chi connectivity index (χ0n) is 15.3. The van der Waals surface area contributed by atoms with E-state index < -0.39 is 34.8 Å². The van der Waals surface area contributed by atoms with Crippen LogP contribution in [0.1, 0.15) is 34.1 Å². The molecule has 0 saturated carbocycles. The summed E-state index contributed by atoms with van der Waals surface area (Å²) in [6, 6.07) is 8.32. The number of benzene rings is 1. The highest BCUT2D eigenvalue weighted by atomic mass is 19.4. The predicted molar refractivity (Wildman–Crippen MR) is 95.1 cm³/mol. The van der Waals surface area contributed by atoms with Gasteiger partial charge in [-0.3, -0.25) is 4.79 Å². The van der Waals surface area contributed by atoms with E-state index >= 15 is 0 Å². The molecular weight excluding hydrogens is 395 g/mol. The molecule has 0 bridgehead atoms. The third-order valence-electron chi connectivity index (χ3n) is 4.04. The third-order valence-corrected chi connectivity index (χ3v) is 4.04. The lowest BCUT2D eigenvalue weighted by atomic mass is 10.1. The van der Waals surface area contributed by atoms with Gasteiger partial charge in [-0.25, -0.2) is 9.67 Å². The van der Waals surface area contributed by atoms with Crippen LogP contribution in [0.25, 0.3) is 5.82 Å². The van der Waals surface area contributed by atoms with Gasteiger partial charge >= 0.3 is 6.18 Å². The Morgan fingerprint density at radius 2 is 1.72 bits per heavy atom. The minimum Gasteiger partial charge on any atom is -0.305 e. The van der Waals surface area contributed by atoms with Crippen molar-refractivity contribution < 1.29 is 26.7 Å². The van der Waals surface area contributed by atoms with Crippen molar-refractivity contribution in [3.05, 3.63) is 71.0 Å². The van der Waals surface area contributed by atoms with E-state index in [2.05, 4.69) is 15.4 Å². The molecule has 1 N–H and O–H groups in total. The quantitative estimate of drug-likeness (QED) is 0.619. The Labute approximate surface area is 162 Å². The average Bonchev–Trinajstić information content (AvgIpc) is 3.08. The van der Waals surface area contributed by atoms with Crippen molar-refractivity contribution in [2.24, 2.45) is 0 Å². The highest BCUT2D eigenvalue weighted by Gasteiger charge is 2.35. The number of rotatable bonds is 4. The highest BCUT2D eigenvalue weighted by Crippen LogP contribution is 2.32. The number of nitrogens with one attached hydrogen (secondary N) is 1. The first-order chi connectivity index (χ1) is 13.5. The number of carbonyl (C=O) groups is 1. The molecule has 2 aromatic heterocycles. The average molecular weight is 410 g/mol. The molecule has 5 nitrogen and oxygen atoms in total. The lowest BCUT2D eigenvalue weighted by Crippen LogP contribution is -2.19. The van der Waals surface area contributed by atoms with Crippen molar-refractivity contribution in [3.63, 3.8) is 0 Å². The molecule has 0 aliphatic heterocycles. The molecule has 3 aromatic rings. The number of alkyl halides is 5. The summed E-state index contributed by atoms with van der Waals surface area (Å²) in [4.78, 5) is 16.2. The number of hydrogen-bond acceptors (Lipinski definition) is 3. The number of nitrogens with zero attached hydrogens (tertiary/aromatic N) is 3. The molecule has 0 unspecified atom stereocenters. The van der Waals surface area contributed by atoms with E-state index in [1.165, 1.54) is 36.5 Å². The lowest BCUT2D eigenvalue weighted by Gasteiger charge is -2.13. The van der Waals surface area contributed by atoms with Crippen LogP contribution in [0.3, 0.4) is 0 Å². The normalized spacial score (nSPS) is 12.1. The maximum Gasteiger partial charge on any atom is 0.417 e. The summed E-state index contributed by atoms with van der Waals surface area (Å²) in [6.45, 7) is 2.35. The fourth-order valence-corrected chi connectivity index (χ4v) is 2.61. The molecule has 0 aliphatic carbocycles. The summed E-state index contributed by atoms with van der Waals surface area (Å²) in [6.07, 6.45) is -3.33. The summed E-state index contributed by atoms with van der Waals surface area (Å²) in [5.74, 6) is -4.10. The van der Waals surface area contributed by atoms with E-state index in [0.717, 1.165) is 16.8 Å². The second-order valence-electron chi connectivity index (χ2n) is 6.37. The number of halogens is 5. The van der Waals surface area contributed by atoms with Gasteiger partial charge in [0.2, 0.25) is 0 Å². The van der Waals surface area contributed by atoms with Crippen molar-refractivity contribution in [3.8, 4) is 5.82 Å². The smallest absolute Gasteiger partial charge is 0.305 e. The Hall–Kier alpha value is -3.30. The Bertz CT molecular complexity index is 1050. The van der Waals surface area contributed by atoms with Crippen LogP contribution >= 0.6 is 0 Å². The van der Waals surface area contributed by atoms with E-state index in [0.29, 0.717) is 12.5 Å². The number of anilines is 1. The van der Waals surface area contributed by atoms with Crippen LogP contribution < -0.4 is 5.32 Å². The van der Waals surface area contributed by atoms with Crippen LogP contribution in [-0.4, -0.2) is 20.7 Å². The van der Waals surface area contributed by atoms with Gasteiger partial charge in [0.25, 0.3) is 11.8 Å². The summed E-state index contributed by atoms with van der Waals surface area (Å²) >= 11 is 0. The van der Waals surface area contributed by atoms with Crippen molar-refractivity contribution in [2.45, 2.75) is 25.9 Å². The van der Waals surface area contributed by atoms with Crippen molar-refractivity contribution in [1.29, 1.82) is 0 Å². The molecule has 0 spiro atoms. The van der Waals surface area contributed by atoms with Crippen LogP contribution in [0.2, 0.25) is 0 Å². The second kappa shape index (κ2) is 7.26. The molecule has 3 rings (SSSR count). The molecule has 0 saturated heterocycles. The highest BCUT2D eigenvalue weighted by molar-refractivity contribution is 6.04. The van der Waals surface area contributed by atoms with Gasteiger partial charge in [-0.2, -0.15) is 22.0 Å². The number of carbonyl (C=O) groups excluding carboxylic acids is 1. The van der Waals surface area contributed by atoms with E-state index in [4.69, 9.17) is 0 Å². The molecular formula is C19H15F5N4O. The summed E-state index contributed by atoms with van der Waals surface area (Å²) in [5.41, 5.74) is -1.55. The van der Waals surface area contributed by atoms with Gasteiger partial charge in [-0.05, 0) is 30.7 Å². The van der Waals surface area contributed by atoms with Crippen LogP contribution in [0.4, 0.5) is 27.8 Å².